The van der Waals surface area contributed by atoms with Gasteiger partial charge in [-0.25, -0.2) is 0 Å². The maximum atomic E-state index is 11.4. The van der Waals surface area contributed by atoms with Crippen LogP contribution in [0.1, 0.15) is 11.1 Å². The molecular formula is C11H12N2O. The first-order valence-corrected chi connectivity index (χ1v) is 4.53. The molecule has 0 bridgehead atoms. The first kappa shape index (κ1) is 8.97. The standard InChI is InChI=1S/C11H12N2O/c1-7-2-3-8-5-9(6-12)11(14)13-10(8)4-7/h2-5H,6,12H2,1H3,(H,13,14). The lowest BCUT2D eigenvalue weighted by Crippen LogP contribution is -2.15. The van der Waals surface area contributed by atoms with E-state index < -0.39 is 0 Å². The largest absolute Gasteiger partial charge is 0.326 e. The molecule has 2 aromatic rings. The Kier molecular flexibility index (Phi) is 2.09. The Hall–Kier alpha value is -1.61. The Morgan fingerprint density at radius 3 is 2.86 bits per heavy atom. The Balaban J connectivity index is 2.79. The first-order valence-electron chi connectivity index (χ1n) is 4.53. The van der Waals surface area contributed by atoms with Crippen LogP contribution in [0.4, 0.5) is 0 Å². The molecule has 0 saturated heterocycles. The zero-order valence-corrected chi connectivity index (χ0v) is 8.00. The van der Waals surface area contributed by atoms with Crippen LogP contribution in [0, 0.1) is 6.92 Å². The SMILES string of the molecule is Cc1ccc2cc(CN)c(=O)[nH]c2c1. The summed E-state index contributed by atoms with van der Waals surface area (Å²) < 4.78 is 0. The maximum absolute atomic E-state index is 11.4. The van der Waals surface area contributed by atoms with Crippen molar-refractivity contribution in [3.05, 3.63) is 45.7 Å². The van der Waals surface area contributed by atoms with Gasteiger partial charge in [-0.05, 0) is 30.0 Å². The molecule has 0 unspecified atom stereocenters. The van der Waals surface area contributed by atoms with Crippen LogP contribution in [-0.4, -0.2) is 4.98 Å². The van der Waals surface area contributed by atoms with Gasteiger partial charge >= 0.3 is 0 Å². The van der Waals surface area contributed by atoms with Crippen molar-refractivity contribution in [3.8, 4) is 0 Å². The monoisotopic (exact) mass is 188 g/mol. The van der Waals surface area contributed by atoms with Gasteiger partial charge in [-0.1, -0.05) is 12.1 Å². The number of benzene rings is 1. The lowest BCUT2D eigenvalue weighted by molar-refractivity contribution is 1.03. The van der Waals surface area contributed by atoms with E-state index in [2.05, 4.69) is 4.98 Å². The molecule has 3 nitrogen and oxygen atoms in total. The number of hydrogen-bond acceptors (Lipinski definition) is 2. The summed E-state index contributed by atoms with van der Waals surface area (Å²) in [5.74, 6) is 0. The van der Waals surface area contributed by atoms with Crippen LogP contribution in [0.25, 0.3) is 10.9 Å². The molecular weight excluding hydrogens is 176 g/mol. The summed E-state index contributed by atoms with van der Waals surface area (Å²) in [6, 6.07) is 7.80. The van der Waals surface area contributed by atoms with E-state index in [0.717, 1.165) is 16.5 Å². The molecule has 1 aromatic carbocycles. The van der Waals surface area contributed by atoms with Crippen molar-refractivity contribution >= 4 is 10.9 Å². The maximum Gasteiger partial charge on any atom is 0.252 e. The predicted octanol–water partition coefficient (Wildman–Crippen LogP) is 1.30. The molecule has 0 saturated carbocycles. The second kappa shape index (κ2) is 3.27. The van der Waals surface area contributed by atoms with E-state index in [1.54, 1.807) is 0 Å². The minimum Gasteiger partial charge on any atom is -0.326 e. The Labute approximate surface area is 81.6 Å². The van der Waals surface area contributed by atoms with E-state index >= 15 is 0 Å². The smallest absolute Gasteiger partial charge is 0.252 e. The van der Waals surface area contributed by atoms with Gasteiger partial charge in [0, 0.05) is 17.6 Å². The molecule has 1 aromatic heterocycles. The normalized spacial score (nSPS) is 10.7. The highest BCUT2D eigenvalue weighted by Crippen LogP contribution is 2.12. The number of aromatic nitrogens is 1. The molecule has 14 heavy (non-hydrogen) atoms. The summed E-state index contributed by atoms with van der Waals surface area (Å²) >= 11 is 0. The predicted molar refractivity (Wildman–Crippen MR) is 57.2 cm³/mol. The summed E-state index contributed by atoms with van der Waals surface area (Å²) in [6.45, 7) is 2.27. The van der Waals surface area contributed by atoms with E-state index in [9.17, 15) is 4.79 Å². The highest BCUT2D eigenvalue weighted by Gasteiger charge is 2.00. The lowest BCUT2D eigenvalue weighted by atomic mass is 10.1. The van der Waals surface area contributed by atoms with Crippen molar-refractivity contribution < 1.29 is 0 Å². The Morgan fingerprint density at radius 1 is 1.36 bits per heavy atom. The number of aryl methyl sites for hydroxylation is 1. The molecule has 0 aliphatic carbocycles. The lowest BCUT2D eigenvalue weighted by Gasteiger charge is -2.01. The van der Waals surface area contributed by atoms with Crippen LogP contribution >= 0.6 is 0 Å². The van der Waals surface area contributed by atoms with Crippen molar-refractivity contribution in [1.82, 2.24) is 4.98 Å². The van der Waals surface area contributed by atoms with Crippen LogP contribution in [0.5, 0.6) is 0 Å². The first-order chi connectivity index (χ1) is 6.70. The van der Waals surface area contributed by atoms with Gasteiger partial charge in [0.05, 0.1) is 0 Å². The third-order valence-corrected chi connectivity index (χ3v) is 2.30. The van der Waals surface area contributed by atoms with E-state index in [1.165, 1.54) is 0 Å². The molecule has 72 valence electrons. The third kappa shape index (κ3) is 1.42. The summed E-state index contributed by atoms with van der Waals surface area (Å²) in [6.07, 6.45) is 0. The molecule has 0 atom stereocenters. The van der Waals surface area contributed by atoms with Crippen LogP contribution in [0.15, 0.2) is 29.1 Å². The Morgan fingerprint density at radius 2 is 2.14 bits per heavy atom. The fraction of sp³-hybridized carbons (Fsp3) is 0.182. The van der Waals surface area contributed by atoms with Crippen LogP contribution < -0.4 is 11.3 Å². The molecule has 0 aliphatic heterocycles. The van der Waals surface area contributed by atoms with E-state index in [4.69, 9.17) is 5.73 Å². The van der Waals surface area contributed by atoms with E-state index in [1.807, 2.05) is 31.2 Å². The average Bonchev–Trinajstić information content (AvgIpc) is 2.16. The summed E-state index contributed by atoms with van der Waals surface area (Å²) in [5.41, 5.74) is 7.99. The van der Waals surface area contributed by atoms with Gasteiger partial charge in [-0.2, -0.15) is 0 Å². The number of pyridine rings is 1. The van der Waals surface area contributed by atoms with Gasteiger partial charge < -0.3 is 10.7 Å². The van der Waals surface area contributed by atoms with E-state index in [0.29, 0.717) is 5.56 Å². The second-order valence-corrected chi connectivity index (χ2v) is 3.42. The molecule has 0 spiro atoms. The van der Waals surface area contributed by atoms with Crippen molar-refractivity contribution in [2.45, 2.75) is 13.5 Å². The minimum atomic E-state index is -0.0920. The highest BCUT2D eigenvalue weighted by molar-refractivity contribution is 5.79. The molecule has 2 rings (SSSR count). The summed E-state index contributed by atoms with van der Waals surface area (Å²) in [7, 11) is 0. The fourth-order valence-corrected chi connectivity index (χ4v) is 1.51. The quantitative estimate of drug-likeness (QED) is 0.708. The molecule has 0 aliphatic rings. The van der Waals surface area contributed by atoms with Gasteiger partial charge in [0.1, 0.15) is 0 Å². The van der Waals surface area contributed by atoms with Gasteiger partial charge in [-0.3, -0.25) is 4.79 Å². The number of H-pyrrole nitrogens is 1. The van der Waals surface area contributed by atoms with Gasteiger partial charge in [0.15, 0.2) is 0 Å². The van der Waals surface area contributed by atoms with E-state index in [-0.39, 0.29) is 12.1 Å². The van der Waals surface area contributed by atoms with Gasteiger partial charge in [-0.15, -0.1) is 0 Å². The van der Waals surface area contributed by atoms with Crippen LogP contribution in [0.3, 0.4) is 0 Å². The number of aromatic amines is 1. The number of hydrogen-bond donors (Lipinski definition) is 2. The summed E-state index contributed by atoms with van der Waals surface area (Å²) in [4.78, 5) is 14.3. The summed E-state index contributed by atoms with van der Waals surface area (Å²) in [5, 5.41) is 1.02. The molecule has 3 N–H and O–H groups in total. The number of nitrogens with two attached hydrogens (primary N) is 1. The second-order valence-electron chi connectivity index (χ2n) is 3.42. The van der Waals surface area contributed by atoms with Crippen molar-refractivity contribution in [1.29, 1.82) is 0 Å². The minimum absolute atomic E-state index is 0.0920. The zero-order chi connectivity index (χ0) is 10.1. The molecule has 0 fully saturated rings. The topological polar surface area (TPSA) is 58.9 Å². The molecule has 0 radical (unpaired) electrons. The number of fused-ring (bicyclic) bond motifs is 1. The fourth-order valence-electron chi connectivity index (χ4n) is 1.51. The molecule has 1 heterocycles. The van der Waals surface area contributed by atoms with Crippen molar-refractivity contribution in [2.75, 3.05) is 0 Å². The average molecular weight is 188 g/mol. The van der Waals surface area contributed by atoms with Crippen molar-refractivity contribution in [3.63, 3.8) is 0 Å². The van der Waals surface area contributed by atoms with Crippen LogP contribution in [0.2, 0.25) is 0 Å². The number of rotatable bonds is 1. The van der Waals surface area contributed by atoms with Gasteiger partial charge in [0.25, 0.3) is 5.56 Å². The highest BCUT2D eigenvalue weighted by atomic mass is 16.1. The van der Waals surface area contributed by atoms with Gasteiger partial charge in [0.2, 0.25) is 0 Å². The molecule has 0 amide bonds. The number of nitrogens with one attached hydrogen (secondary N) is 1. The van der Waals surface area contributed by atoms with Crippen molar-refractivity contribution in [2.24, 2.45) is 5.73 Å². The third-order valence-electron chi connectivity index (χ3n) is 2.30. The Bertz CT molecular complexity index is 528. The van der Waals surface area contributed by atoms with Crippen LogP contribution in [-0.2, 0) is 6.54 Å². The zero-order valence-electron chi connectivity index (χ0n) is 8.00. The molecule has 3 heteroatoms.